The Morgan fingerprint density at radius 3 is 2.79 bits per heavy atom. The molecule has 1 atom stereocenters. The van der Waals surface area contributed by atoms with Crippen molar-refractivity contribution in [2.45, 2.75) is 31.2 Å². The van der Waals surface area contributed by atoms with Gasteiger partial charge in [-0.2, -0.15) is 0 Å². The zero-order valence-electron chi connectivity index (χ0n) is 15.2. The largest absolute Gasteiger partial charge is 0.434 e. The second-order valence-electron chi connectivity index (χ2n) is 6.91. The van der Waals surface area contributed by atoms with E-state index in [1.165, 1.54) is 24.5 Å². The zero-order valence-corrected chi connectivity index (χ0v) is 15.2. The summed E-state index contributed by atoms with van der Waals surface area (Å²) in [5.74, 6) is -3.39. The van der Waals surface area contributed by atoms with Gasteiger partial charge < -0.3 is 15.8 Å². The predicted molar refractivity (Wildman–Crippen MR) is 99.4 cm³/mol. The van der Waals surface area contributed by atoms with Crippen LogP contribution in [0.1, 0.15) is 41.7 Å². The van der Waals surface area contributed by atoms with E-state index in [1.807, 2.05) is 0 Å². The molecule has 0 unspecified atom stereocenters. The summed E-state index contributed by atoms with van der Waals surface area (Å²) in [4.78, 5) is 20.2. The molecular formula is C20H17F3N4O2. The van der Waals surface area contributed by atoms with Crippen molar-refractivity contribution in [1.82, 2.24) is 4.98 Å². The van der Waals surface area contributed by atoms with Crippen LogP contribution in [0.3, 0.4) is 0 Å². The van der Waals surface area contributed by atoms with Gasteiger partial charge in [-0.15, -0.1) is 0 Å². The number of benzene rings is 1. The van der Waals surface area contributed by atoms with Gasteiger partial charge in [0.1, 0.15) is 17.2 Å². The normalized spacial score (nSPS) is 20.8. The minimum Gasteiger partial charge on any atom is -0.434 e. The summed E-state index contributed by atoms with van der Waals surface area (Å²) in [7, 11) is 0. The van der Waals surface area contributed by atoms with Crippen molar-refractivity contribution in [3.63, 3.8) is 0 Å². The summed E-state index contributed by atoms with van der Waals surface area (Å²) in [6.07, 6.45) is 5.19. The van der Waals surface area contributed by atoms with E-state index in [0.717, 1.165) is 24.6 Å². The molecule has 2 heterocycles. The maximum Gasteiger partial charge on any atom is 0.288 e. The number of nitrogens with zero attached hydrogens (tertiary/aromatic N) is 2. The summed E-state index contributed by atoms with van der Waals surface area (Å²) in [6, 6.07) is 4.47. The number of aromatic nitrogens is 1. The van der Waals surface area contributed by atoms with E-state index in [4.69, 9.17) is 10.5 Å². The molecule has 1 aromatic heterocycles. The topological polar surface area (TPSA) is 89.6 Å². The summed E-state index contributed by atoms with van der Waals surface area (Å²) < 4.78 is 46.9. The molecule has 0 bridgehead atoms. The third-order valence-electron chi connectivity index (χ3n) is 5.08. The Morgan fingerprint density at radius 1 is 1.17 bits per heavy atom. The predicted octanol–water partition coefficient (Wildman–Crippen LogP) is 3.75. The molecular weight excluding hydrogens is 385 g/mol. The zero-order chi connectivity index (χ0) is 20.6. The second-order valence-corrected chi connectivity index (χ2v) is 6.91. The standard InChI is InChI=1S/C20H17F3N4O2/c21-12-7-16(23)17(25-9-12)18(28)26-13-4-5-15(22)14(8-13)20-6-2-1-3-11(20)10-29-19(24)27-20/h4-5,7-10H,1-3,6H2,(H2,24,27)(H,26,28)/t20-/m0/s1. The van der Waals surface area contributed by atoms with E-state index in [9.17, 15) is 18.0 Å². The highest BCUT2D eigenvalue weighted by atomic mass is 19.1. The number of pyridine rings is 1. The lowest BCUT2D eigenvalue weighted by Gasteiger charge is -2.38. The van der Waals surface area contributed by atoms with Gasteiger partial charge in [-0.1, -0.05) is 6.42 Å². The van der Waals surface area contributed by atoms with Gasteiger partial charge in [0.05, 0.1) is 12.5 Å². The molecule has 6 nitrogen and oxygen atoms in total. The van der Waals surface area contributed by atoms with Gasteiger partial charge in [0.15, 0.2) is 11.5 Å². The molecule has 150 valence electrons. The highest BCUT2D eigenvalue weighted by Crippen LogP contribution is 2.47. The molecule has 9 heteroatoms. The molecule has 1 aliphatic heterocycles. The highest BCUT2D eigenvalue weighted by Gasteiger charge is 2.42. The first kappa shape index (κ1) is 19.0. The van der Waals surface area contributed by atoms with Crippen LogP contribution in [0, 0.1) is 17.5 Å². The molecule has 1 amide bonds. The Bertz CT molecular complexity index is 1050. The summed E-state index contributed by atoms with van der Waals surface area (Å²) >= 11 is 0. The van der Waals surface area contributed by atoms with Crippen LogP contribution in [0.4, 0.5) is 18.9 Å². The van der Waals surface area contributed by atoms with Gasteiger partial charge in [-0.3, -0.25) is 4.79 Å². The molecule has 0 spiro atoms. The van der Waals surface area contributed by atoms with Crippen molar-refractivity contribution in [3.8, 4) is 0 Å². The van der Waals surface area contributed by atoms with Gasteiger partial charge in [-0.05, 0) is 43.0 Å². The number of hydrogen-bond acceptors (Lipinski definition) is 5. The number of halogens is 3. The molecule has 29 heavy (non-hydrogen) atoms. The lowest BCUT2D eigenvalue weighted by atomic mass is 9.73. The van der Waals surface area contributed by atoms with Crippen molar-refractivity contribution in [1.29, 1.82) is 0 Å². The number of nitrogens with one attached hydrogen (secondary N) is 1. The van der Waals surface area contributed by atoms with E-state index in [-0.39, 0.29) is 17.3 Å². The van der Waals surface area contributed by atoms with Crippen molar-refractivity contribution >= 4 is 17.6 Å². The van der Waals surface area contributed by atoms with Crippen LogP contribution in [0.15, 0.2) is 47.3 Å². The maximum atomic E-state index is 14.8. The van der Waals surface area contributed by atoms with Crippen molar-refractivity contribution in [2.75, 3.05) is 5.32 Å². The number of hydrogen-bond donors (Lipinski definition) is 2. The number of anilines is 1. The van der Waals surface area contributed by atoms with Crippen molar-refractivity contribution in [2.24, 2.45) is 10.7 Å². The monoisotopic (exact) mass is 402 g/mol. The fraction of sp³-hybridized carbons (Fsp3) is 0.250. The van der Waals surface area contributed by atoms with Gasteiger partial charge in [0, 0.05) is 17.3 Å². The van der Waals surface area contributed by atoms with E-state index in [1.54, 1.807) is 0 Å². The fourth-order valence-corrected chi connectivity index (χ4v) is 3.75. The average molecular weight is 402 g/mol. The molecule has 1 aromatic carbocycles. The van der Waals surface area contributed by atoms with Crippen LogP contribution in [0.2, 0.25) is 0 Å². The number of rotatable bonds is 3. The van der Waals surface area contributed by atoms with Crippen LogP contribution in [-0.4, -0.2) is 16.9 Å². The number of carbonyl (C=O) groups is 1. The molecule has 0 saturated heterocycles. The number of nitrogens with two attached hydrogens (primary N) is 1. The van der Waals surface area contributed by atoms with Gasteiger partial charge in [0.25, 0.3) is 11.9 Å². The Labute approximate surface area is 164 Å². The number of carbonyl (C=O) groups excluding carboxylic acids is 1. The lowest BCUT2D eigenvalue weighted by Crippen LogP contribution is -2.37. The van der Waals surface area contributed by atoms with Crippen LogP contribution < -0.4 is 11.1 Å². The lowest BCUT2D eigenvalue weighted by molar-refractivity contribution is 0.101. The van der Waals surface area contributed by atoms with Gasteiger partial charge in [-0.25, -0.2) is 23.1 Å². The Hall–Kier alpha value is -3.36. The molecule has 2 aromatic rings. The minimum atomic E-state index is -1.09. The average Bonchev–Trinajstić information content (AvgIpc) is 2.69. The highest BCUT2D eigenvalue weighted by molar-refractivity contribution is 6.03. The summed E-state index contributed by atoms with van der Waals surface area (Å²) in [5, 5.41) is 2.47. The number of aliphatic imine (C=N–C) groups is 1. The molecule has 3 N–H and O–H groups in total. The molecule has 4 rings (SSSR count). The third kappa shape index (κ3) is 3.43. The Kier molecular flexibility index (Phi) is 4.73. The first-order valence-corrected chi connectivity index (χ1v) is 9.03. The molecule has 1 fully saturated rings. The first-order valence-electron chi connectivity index (χ1n) is 9.03. The third-order valence-corrected chi connectivity index (χ3v) is 5.08. The maximum absolute atomic E-state index is 14.8. The molecule has 1 saturated carbocycles. The van der Waals surface area contributed by atoms with Crippen LogP contribution in [0.5, 0.6) is 0 Å². The number of amidine groups is 1. The Balaban J connectivity index is 1.70. The Morgan fingerprint density at radius 2 is 2.00 bits per heavy atom. The SMILES string of the molecule is NC1=N[C@@]2(c3cc(NC(=O)c4ncc(F)cc4F)ccc3F)CCCCC2=CO1. The number of ether oxygens (including phenoxy) is 1. The number of amides is 1. The summed E-state index contributed by atoms with van der Waals surface area (Å²) in [5.41, 5.74) is 5.42. The quantitative estimate of drug-likeness (QED) is 0.818. The van der Waals surface area contributed by atoms with Crippen molar-refractivity contribution in [3.05, 3.63) is 71.0 Å². The van der Waals surface area contributed by atoms with Crippen LogP contribution in [-0.2, 0) is 10.3 Å². The van der Waals surface area contributed by atoms with E-state index in [2.05, 4.69) is 15.3 Å². The molecule has 1 aliphatic carbocycles. The van der Waals surface area contributed by atoms with Gasteiger partial charge >= 0.3 is 0 Å². The minimum absolute atomic E-state index is 0.0675. The molecule has 2 aliphatic rings. The fourth-order valence-electron chi connectivity index (χ4n) is 3.75. The smallest absolute Gasteiger partial charge is 0.288 e. The van der Waals surface area contributed by atoms with E-state index in [0.29, 0.717) is 18.9 Å². The molecule has 0 radical (unpaired) electrons. The second kappa shape index (κ2) is 7.23. The van der Waals surface area contributed by atoms with E-state index >= 15 is 0 Å². The van der Waals surface area contributed by atoms with E-state index < -0.39 is 34.6 Å². The van der Waals surface area contributed by atoms with Crippen LogP contribution >= 0.6 is 0 Å². The first-order chi connectivity index (χ1) is 13.9. The number of fused-ring (bicyclic) bond motifs is 1. The van der Waals surface area contributed by atoms with Gasteiger partial charge in [0.2, 0.25) is 0 Å². The van der Waals surface area contributed by atoms with Crippen molar-refractivity contribution < 1.29 is 22.7 Å². The van der Waals surface area contributed by atoms with Crippen LogP contribution in [0.25, 0.3) is 0 Å². The summed E-state index contributed by atoms with van der Waals surface area (Å²) in [6.45, 7) is 0.